The molecule has 0 fully saturated rings. The molecule has 6 nitrogen and oxygen atoms in total. The van der Waals surface area contributed by atoms with Crippen molar-refractivity contribution in [3.63, 3.8) is 0 Å². The first-order chi connectivity index (χ1) is 5.74. The van der Waals surface area contributed by atoms with Crippen molar-refractivity contribution < 1.29 is 4.79 Å². The van der Waals surface area contributed by atoms with Gasteiger partial charge in [0, 0.05) is 13.5 Å². The summed E-state index contributed by atoms with van der Waals surface area (Å²) in [5, 5.41) is 12.1. The van der Waals surface area contributed by atoms with Gasteiger partial charge in [-0.1, -0.05) is 10.3 Å². The van der Waals surface area contributed by atoms with E-state index in [4.69, 9.17) is 12.2 Å². The van der Waals surface area contributed by atoms with Gasteiger partial charge in [0.1, 0.15) is 0 Å². The number of aromatic amines is 1. The first-order valence-electron chi connectivity index (χ1n) is 3.42. The van der Waals surface area contributed by atoms with Crippen molar-refractivity contribution in [3.05, 3.63) is 4.77 Å². The molecule has 1 rings (SSSR count). The number of nitrogens with zero attached hydrogens (tertiary/aromatic N) is 3. The maximum Gasteiger partial charge on any atom is 0.238 e. The van der Waals surface area contributed by atoms with Crippen LogP contribution in [0.4, 0.5) is 0 Å². The van der Waals surface area contributed by atoms with E-state index in [9.17, 15) is 4.79 Å². The molecule has 1 aromatic heterocycles. The van der Waals surface area contributed by atoms with Crippen LogP contribution < -0.4 is 5.32 Å². The number of H-pyrrole nitrogens is 1. The topological polar surface area (TPSA) is 75.6 Å². The summed E-state index contributed by atoms with van der Waals surface area (Å²) < 4.78 is 1.89. The summed E-state index contributed by atoms with van der Waals surface area (Å²) in [6, 6.07) is 0. The van der Waals surface area contributed by atoms with Crippen molar-refractivity contribution >= 4 is 18.1 Å². The van der Waals surface area contributed by atoms with Crippen molar-refractivity contribution in [2.75, 3.05) is 7.05 Å². The molecule has 0 unspecified atom stereocenters. The van der Waals surface area contributed by atoms with Crippen LogP contribution in [-0.2, 0) is 11.3 Å². The molecule has 0 radical (unpaired) electrons. The van der Waals surface area contributed by atoms with Gasteiger partial charge in [0.25, 0.3) is 0 Å². The van der Waals surface area contributed by atoms with Crippen molar-refractivity contribution in [2.45, 2.75) is 13.0 Å². The number of carbonyl (C=O) groups is 1. The fourth-order valence-electron chi connectivity index (χ4n) is 0.700. The van der Waals surface area contributed by atoms with E-state index in [1.165, 1.54) is 4.68 Å². The molecule has 0 aliphatic carbocycles. The molecule has 2 N–H and O–H groups in total. The van der Waals surface area contributed by atoms with E-state index >= 15 is 0 Å². The average molecular weight is 187 g/mol. The molecular weight excluding hydrogens is 178 g/mol. The van der Waals surface area contributed by atoms with Gasteiger partial charge in [0.2, 0.25) is 10.7 Å². The maximum atomic E-state index is 10.8. The van der Waals surface area contributed by atoms with Crippen LogP contribution in [0.25, 0.3) is 0 Å². The van der Waals surface area contributed by atoms with E-state index in [0.29, 0.717) is 17.7 Å². The maximum absolute atomic E-state index is 10.8. The second-order valence-electron chi connectivity index (χ2n) is 2.16. The quantitative estimate of drug-likeness (QED) is 0.624. The lowest BCUT2D eigenvalue weighted by Gasteiger charge is -1.98. The summed E-state index contributed by atoms with van der Waals surface area (Å²) in [7, 11) is 1.59. The summed E-state index contributed by atoms with van der Waals surface area (Å²) in [4.78, 5) is 10.8. The summed E-state index contributed by atoms with van der Waals surface area (Å²) in [5.41, 5.74) is 0. The molecule has 1 amide bonds. The highest BCUT2D eigenvalue weighted by molar-refractivity contribution is 7.71. The Morgan fingerprint density at radius 3 is 3.08 bits per heavy atom. The van der Waals surface area contributed by atoms with Crippen LogP contribution in [0.5, 0.6) is 0 Å². The molecule has 0 spiro atoms. The SMILES string of the molecule is CNC(=O)CCn1[nH]nnc1=S. The lowest BCUT2D eigenvalue weighted by Crippen LogP contribution is -2.19. The lowest BCUT2D eigenvalue weighted by atomic mass is 10.4. The zero-order valence-corrected chi connectivity index (χ0v) is 7.39. The number of rotatable bonds is 3. The Kier molecular flexibility index (Phi) is 2.92. The van der Waals surface area contributed by atoms with Crippen molar-refractivity contribution in [1.29, 1.82) is 0 Å². The molecule has 12 heavy (non-hydrogen) atoms. The number of aryl methyl sites for hydroxylation is 1. The van der Waals surface area contributed by atoms with Gasteiger partial charge in [-0.2, -0.15) is 5.21 Å². The van der Waals surface area contributed by atoms with E-state index in [0.717, 1.165) is 0 Å². The number of nitrogens with one attached hydrogen (secondary N) is 2. The summed E-state index contributed by atoms with van der Waals surface area (Å²) in [6.45, 7) is 0.478. The number of hydrogen-bond donors (Lipinski definition) is 2. The fourth-order valence-corrected chi connectivity index (χ4v) is 0.873. The molecule has 66 valence electrons. The van der Waals surface area contributed by atoms with Crippen LogP contribution in [0, 0.1) is 4.77 Å². The lowest BCUT2D eigenvalue weighted by molar-refractivity contribution is -0.120. The number of aromatic nitrogens is 4. The number of carbonyl (C=O) groups excluding carboxylic acids is 1. The van der Waals surface area contributed by atoms with Gasteiger partial charge in [0.15, 0.2) is 0 Å². The Balaban J connectivity index is 2.49. The van der Waals surface area contributed by atoms with Crippen LogP contribution in [0.3, 0.4) is 0 Å². The molecule has 7 heteroatoms. The summed E-state index contributed by atoms with van der Waals surface area (Å²) in [5.74, 6) is -0.0356. The smallest absolute Gasteiger partial charge is 0.238 e. The van der Waals surface area contributed by atoms with Crippen LogP contribution >= 0.6 is 12.2 Å². The van der Waals surface area contributed by atoms with E-state index < -0.39 is 0 Å². The van der Waals surface area contributed by atoms with Gasteiger partial charge in [-0.25, -0.2) is 4.68 Å². The average Bonchev–Trinajstić information content (AvgIpc) is 2.47. The summed E-state index contributed by atoms with van der Waals surface area (Å²) >= 11 is 4.80. The minimum absolute atomic E-state index is 0.0356. The number of hydrogen-bond acceptors (Lipinski definition) is 4. The molecule has 0 saturated carbocycles. The predicted octanol–water partition coefficient (Wildman–Crippen LogP) is -0.528. The molecule has 0 atom stereocenters. The van der Waals surface area contributed by atoms with Gasteiger partial charge in [-0.15, -0.1) is 0 Å². The zero-order valence-electron chi connectivity index (χ0n) is 6.57. The second kappa shape index (κ2) is 3.96. The monoisotopic (exact) mass is 187 g/mol. The highest BCUT2D eigenvalue weighted by Gasteiger charge is 1.99. The van der Waals surface area contributed by atoms with Crippen molar-refractivity contribution in [1.82, 2.24) is 25.5 Å². The molecule has 0 aromatic carbocycles. The Morgan fingerprint density at radius 2 is 2.58 bits per heavy atom. The van der Waals surface area contributed by atoms with E-state index in [-0.39, 0.29) is 5.91 Å². The Hall–Kier alpha value is -1.24. The highest BCUT2D eigenvalue weighted by Crippen LogP contribution is 1.87. The van der Waals surface area contributed by atoms with Crippen LogP contribution in [0.15, 0.2) is 0 Å². The Labute approximate surface area is 73.9 Å². The summed E-state index contributed by atoms with van der Waals surface area (Å²) in [6.07, 6.45) is 0.370. The fraction of sp³-hybridized carbons (Fsp3) is 0.600. The minimum atomic E-state index is -0.0356. The predicted molar refractivity (Wildman–Crippen MR) is 43.9 cm³/mol. The van der Waals surface area contributed by atoms with Crippen LogP contribution in [-0.4, -0.2) is 33.2 Å². The van der Waals surface area contributed by atoms with E-state index in [1.807, 2.05) is 0 Å². The molecule has 0 saturated heterocycles. The first kappa shape index (κ1) is 8.85. The largest absolute Gasteiger partial charge is 0.359 e. The molecular formula is C5H9N5OS. The van der Waals surface area contributed by atoms with Crippen LogP contribution in [0.1, 0.15) is 6.42 Å². The Morgan fingerprint density at radius 1 is 1.83 bits per heavy atom. The van der Waals surface area contributed by atoms with Crippen molar-refractivity contribution in [2.24, 2.45) is 0 Å². The molecule has 0 aliphatic heterocycles. The third-order valence-corrected chi connectivity index (χ3v) is 1.68. The second-order valence-corrected chi connectivity index (χ2v) is 2.52. The standard InChI is InChI=1S/C5H9N5OS/c1-6-4(11)2-3-10-5(12)7-8-9-10/h2-3H2,1H3,(H,6,11)(H,7,9,12). The molecule has 1 aromatic rings. The van der Waals surface area contributed by atoms with Crippen LogP contribution in [0.2, 0.25) is 0 Å². The first-order valence-corrected chi connectivity index (χ1v) is 3.83. The third kappa shape index (κ3) is 2.12. The molecule has 0 bridgehead atoms. The van der Waals surface area contributed by atoms with Gasteiger partial charge in [-0.3, -0.25) is 4.79 Å². The van der Waals surface area contributed by atoms with Gasteiger partial charge < -0.3 is 5.32 Å². The van der Waals surface area contributed by atoms with E-state index in [2.05, 4.69) is 20.8 Å². The Bertz CT molecular complexity index is 316. The number of tetrazole rings is 1. The van der Waals surface area contributed by atoms with Gasteiger partial charge >= 0.3 is 0 Å². The molecule has 1 heterocycles. The third-order valence-electron chi connectivity index (χ3n) is 1.37. The number of amides is 1. The van der Waals surface area contributed by atoms with Gasteiger partial charge in [-0.05, 0) is 12.2 Å². The normalized spacial score (nSPS) is 9.75. The minimum Gasteiger partial charge on any atom is -0.359 e. The molecule has 0 aliphatic rings. The highest BCUT2D eigenvalue weighted by atomic mass is 32.1. The van der Waals surface area contributed by atoms with E-state index in [1.54, 1.807) is 7.05 Å². The van der Waals surface area contributed by atoms with Gasteiger partial charge in [0.05, 0.1) is 6.54 Å². The zero-order chi connectivity index (χ0) is 8.97. The van der Waals surface area contributed by atoms with Crippen molar-refractivity contribution in [3.8, 4) is 0 Å².